The summed E-state index contributed by atoms with van der Waals surface area (Å²) in [7, 11) is 0. The van der Waals surface area contributed by atoms with Crippen molar-refractivity contribution in [3.63, 3.8) is 0 Å². The number of fused-ring (bicyclic) bond motifs is 1. The Balaban J connectivity index is 1.60. The summed E-state index contributed by atoms with van der Waals surface area (Å²) in [5.74, 6) is 0.312. The van der Waals surface area contributed by atoms with Gasteiger partial charge in [-0.1, -0.05) is 24.3 Å². The summed E-state index contributed by atoms with van der Waals surface area (Å²) in [4.78, 5) is 16.4. The van der Waals surface area contributed by atoms with Gasteiger partial charge in [-0.3, -0.25) is 9.69 Å². The molecule has 18 heavy (non-hydrogen) atoms. The van der Waals surface area contributed by atoms with Gasteiger partial charge >= 0.3 is 0 Å². The van der Waals surface area contributed by atoms with Gasteiger partial charge in [-0.15, -0.1) is 0 Å². The van der Waals surface area contributed by atoms with Crippen LogP contribution >= 0.6 is 0 Å². The molecule has 0 saturated carbocycles. The second-order valence-corrected chi connectivity index (χ2v) is 5.32. The highest BCUT2D eigenvalue weighted by atomic mass is 16.2. The van der Waals surface area contributed by atoms with Crippen LogP contribution in [-0.4, -0.2) is 41.9 Å². The molecule has 3 heteroatoms. The van der Waals surface area contributed by atoms with Crippen molar-refractivity contribution in [3.8, 4) is 0 Å². The summed E-state index contributed by atoms with van der Waals surface area (Å²) >= 11 is 0. The van der Waals surface area contributed by atoms with Crippen molar-refractivity contribution < 1.29 is 4.79 Å². The van der Waals surface area contributed by atoms with Crippen molar-refractivity contribution >= 4 is 5.91 Å². The van der Waals surface area contributed by atoms with Crippen molar-refractivity contribution in [3.05, 3.63) is 35.4 Å². The monoisotopic (exact) mass is 244 g/mol. The molecule has 1 amide bonds. The van der Waals surface area contributed by atoms with Crippen LogP contribution in [0, 0.1) is 0 Å². The molecule has 0 aliphatic carbocycles. The molecule has 0 atom stereocenters. The van der Waals surface area contributed by atoms with Gasteiger partial charge < -0.3 is 4.90 Å². The predicted molar refractivity (Wildman–Crippen MR) is 71.2 cm³/mol. The summed E-state index contributed by atoms with van der Waals surface area (Å²) < 4.78 is 0. The third-order valence-electron chi connectivity index (χ3n) is 4.03. The standard InChI is InChI=1S/C15H20N2O/c18-15(17-8-3-4-9-17)12-16-10-7-13-5-1-2-6-14(13)11-16/h1-2,5-6H,3-4,7-12H2. The Bertz CT molecular complexity index is 438. The predicted octanol–water partition coefficient (Wildman–Crippen LogP) is 1.67. The zero-order valence-corrected chi connectivity index (χ0v) is 10.8. The Kier molecular flexibility index (Phi) is 3.33. The van der Waals surface area contributed by atoms with Crippen LogP contribution < -0.4 is 0 Å². The third kappa shape index (κ3) is 2.41. The van der Waals surface area contributed by atoms with Crippen LogP contribution in [-0.2, 0) is 17.8 Å². The molecule has 1 aromatic rings. The van der Waals surface area contributed by atoms with Crippen molar-refractivity contribution in [1.82, 2.24) is 9.80 Å². The highest BCUT2D eigenvalue weighted by Crippen LogP contribution is 2.18. The molecule has 2 aliphatic rings. The SMILES string of the molecule is O=C(CN1CCc2ccccc2C1)N1CCCC1. The number of nitrogens with zero attached hydrogens (tertiary/aromatic N) is 2. The van der Waals surface area contributed by atoms with Crippen LogP contribution in [0.25, 0.3) is 0 Å². The first-order valence-corrected chi connectivity index (χ1v) is 6.90. The lowest BCUT2D eigenvalue weighted by atomic mass is 10.00. The summed E-state index contributed by atoms with van der Waals surface area (Å²) in [6.07, 6.45) is 3.42. The zero-order valence-electron chi connectivity index (χ0n) is 10.8. The average Bonchev–Trinajstić information content (AvgIpc) is 2.92. The fourth-order valence-corrected chi connectivity index (χ4v) is 2.95. The van der Waals surface area contributed by atoms with Crippen LogP contribution in [0.5, 0.6) is 0 Å². The summed E-state index contributed by atoms with van der Waals surface area (Å²) in [5, 5.41) is 0. The van der Waals surface area contributed by atoms with E-state index in [0.717, 1.165) is 32.6 Å². The number of carbonyl (C=O) groups excluding carboxylic acids is 1. The summed E-state index contributed by atoms with van der Waals surface area (Å²) in [5.41, 5.74) is 2.83. The minimum Gasteiger partial charge on any atom is -0.342 e. The van der Waals surface area contributed by atoms with Gasteiger partial charge in [-0.2, -0.15) is 0 Å². The number of likely N-dealkylation sites (tertiary alicyclic amines) is 1. The van der Waals surface area contributed by atoms with E-state index in [4.69, 9.17) is 0 Å². The Labute approximate surface area is 108 Å². The lowest BCUT2D eigenvalue weighted by Crippen LogP contribution is -2.41. The largest absolute Gasteiger partial charge is 0.342 e. The lowest BCUT2D eigenvalue weighted by Gasteiger charge is -2.29. The topological polar surface area (TPSA) is 23.6 Å². The normalized spacial score (nSPS) is 19.9. The Morgan fingerprint density at radius 1 is 1.06 bits per heavy atom. The molecule has 3 nitrogen and oxygen atoms in total. The van der Waals surface area contributed by atoms with Gasteiger partial charge in [0.2, 0.25) is 5.91 Å². The highest BCUT2D eigenvalue weighted by Gasteiger charge is 2.22. The Morgan fingerprint density at radius 2 is 1.78 bits per heavy atom. The van der Waals surface area contributed by atoms with E-state index in [-0.39, 0.29) is 0 Å². The quantitative estimate of drug-likeness (QED) is 0.790. The van der Waals surface area contributed by atoms with Crippen LogP contribution in [0.3, 0.4) is 0 Å². The molecular formula is C15H20N2O. The first kappa shape index (κ1) is 11.7. The van der Waals surface area contributed by atoms with Gasteiger partial charge in [-0.25, -0.2) is 0 Å². The molecule has 1 aromatic carbocycles. The van der Waals surface area contributed by atoms with Crippen molar-refractivity contribution in [1.29, 1.82) is 0 Å². The molecule has 0 unspecified atom stereocenters. The number of carbonyl (C=O) groups is 1. The number of amides is 1. The molecule has 1 fully saturated rings. The van der Waals surface area contributed by atoms with E-state index >= 15 is 0 Å². The smallest absolute Gasteiger partial charge is 0.236 e. The van der Waals surface area contributed by atoms with Gasteiger partial charge in [0.05, 0.1) is 6.54 Å². The molecular weight excluding hydrogens is 224 g/mol. The first-order chi connectivity index (χ1) is 8.83. The number of benzene rings is 1. The second kappa shape index (κ2) is 5.11. The summed E-state index contributed by atoms with van der Waals surface area (Å²) in [6, 6.07) is 8.57. The van der Waals surface area contributed by atoms with Gasteiger partial charge in [0.25, 0.3) is 0 Å². The van der Waals surface area contributed by atoms with E-state index in [1.165, 1.54) is 24.0 Å². The van der Waals surface area contributed by atoms with E-state index in [9.17, 15) is 4.79 Å². The summed E-state index contributed by atoms with van der Waals surface area (Å²) in [6.45, 7) is 4.45. The van der Waals surface area contributed by atoms with E-state index < -0.39 is 0 Å². The number of hydrogen-bond acceptors (Lipinski definition) is 2. The van der Waals surface area contributed by atoms with E-state index in [0.29, 0.717) is 12.5 Å². The van der Waals surface area contributed by atoms with Crippen molar-refractivity contribution in [2.24, 2.45) is 0 Å². The van der Waals surface area contributed by atoms with Crippen LogP contribution in [0.15, 0.2) is 24.3 Å². The first-order valence-electron chi connectivity index (χ1n) is 6.90. The van der Waals surface area contributed by atoms with E-state index in [1.54, 1.807) is 0 Å². The highest BCUT2D eigenvalue weighted by molar-refractivity contribution is 5.78. The minimum atomic E-state index is 0.312. The molecule has 3 rings (SSSR count). The fraction of sp³-hybridized carbons (Fsp3) is 0.533. The molecule has 96 valence electrons. The molecule has 2 heterocycles. The molecule has 1 saturated heterocycles. The van der Waals surface area contributed by atoms with Crippen LogP contribution in [0.4, 0.5) is 0 Å². The lowest BCUT2D eigenvalue weighted by molar-refractivity contribution is -0.131. The van der Waals surface area contributed by atoms with Gasteiger partial charge in [0.15, 0.2) is 0 Å². The molecule has 0 radical (unpaired) electrons. The maximum Gasteiger partial charge on any atom is 0.236 e. The van der Waals surface area contributed by atoms with E-state index in [2.05, 4.69) is 29.2 Å². The zero-order chi connectivity index (χ0) is 12.4. The Hall–Kier alpha value is -1.35. The van der Waals surface area contributed by atoms with Gasteiger partial charge in [0.1, 0.15) is 0 Å². The molecule has 2 aliphatic heterocycles. The number of rotatable bonds is 2. The van der Waals surface area contributed by atoms with Gasteiger partial charge in [0, 0.05) is 26.2 Å². The second-order valence-electron chi connectivity index (χ2n) is 5.32. The maximum atomic E-state index is 12.1. The van der Waals surface area contributed by atoms with E-state index in [1.807, 2.05) is 4.90 Å². The van der Waals surface area contributed by atoms with Crippen molar-refractivity contribution in [2.75, 3.05) is 26.2 Å². The minimum absolute atomic E-state index is 0.312. The molecule has 0 bridgehead atoms. The molecule has 0 N–H and O–H groups in total. The van der Waals surface area contributed by atoms with Crippen molar-refractivity contribution in [2.45, 2.75) is 25.8 Å². The third-order valence-corrected chi connectivity index (χ3v) is 4.03. The van der Waals surface area contributed by atoms with Crippen LogP contribution in [0.2, 0.25) is 0 Å². The maximum absolute atomic E-state index is 12.1. The molecule has 0 spiro atoms. The average molecular weight is 244 g/mol. The van der Waals surface area contributed by atoms with Crippen LogP contribution in [0.1, 0.15) is 24.0 Å². The number of hydrogen-bond donors (Lipinski definition) is 0. The fourth-order valence-electron chi connectivity index (χ4n) is 2.95. The molecule has 0 aromatic heterocycles. The van der Waals surface area contributed by atoms with Gasteiger partial charge in [-0.05, 0) is 30.4 Å². The Morgan fingerprint density at radius 3 is 2.56 bits per heavy atom.